The number of aromatic nitrogens is 1. The molecule has 4 aromatic rings. The summed E-state index contributed by atoms with van der Waals surface area (Å²) in [7, 11) is 0. The predicted octanol–water partition coefficient (Wildman–Crippen LogP) is 7.16. The lowest BCUT2D eigenvalue weighted by Crippen LogP contribution is -2.12. The zero-order chi connectivity index (χ0) is 22.5. The minimum atomic E-state index is -0.191. The number of hydrogen-bond acceptors (Lipinski definition) is 4. The monoisotopic (exact) mass is 468 g/mol. The summed E-state index contributed by atoms with van der Waals surface area (Å²) in [4.78, 5) is 17.1. The van der Waals surface area contributed by atoms with Gasteiger partial charge >= 0.3 is 0 Å². The van der Waals surface area contributed by atoms with Crippen LogP contribution in [0.15, 0.2) is 65.1 Å². The molecule has 0 aliphatic rings. The summed E-state index contributed by atoms with van der Waals surface area (Å²) >= 11 is 12.2. The molecule has 1 N–H and O–H groups in total. The van der Waals surface area contributed by atoms with Crippen LogP contribution in [0.4, 0.5) is 5.69 Å². The summed E-state index contributed by atoms with van der Waals surface area (Å²) in [6.45, 7) is 2.75. The Hall–Kier alpha value is -3.02. The number of benzene rings is 3. The Morgan fingerprint density at radius 3 is 2.69 bits per heavy atom. The second-order valence-corrected chi connectivity index (χ2v) is 8.24. The third-order valence-electron chi connectivity index (χ3n) is 4.88. The molecule has 0 unspecified atom stereocenters. The van der Waals surface area contributed by atoms with Crippen LogP contribution in [-0.4, -0.2) is 17.5 Å². The number of amides is 1. The van der Waals surface area contributed by atoms with Crippen molar-refractivity contribution in [2.24, 2.45) is 0 Å². The van der Waals surface area contributed by atoms with E-state index in [4.69, 9.17) is 32.4 Å². The summed E-state index contributed by atoms with van der Waals surface area (Å²) in [5.74, 6) is 1.05. The van der Waals surface area contributed by atoms with Crippen molar-refractivity contribution in [1.82, 2.24) is 4.98 Å². The van der Waals surface area contributed by atoms with Crippen molar-refractivity contribution in [2.45, 2.75) is 26.2 Å². The normalized spacial score (nSPS) is 11.0. The average Bonchev–Trinajstić information content (AvgIpc) is 3.18. The summed E-state index contributed by atoms with van der Waals surface area (Å²) < 4.78 is 11.5. The van der Waals surface area contributed by atoms with Gasteiger partial charge in [-0.05, 0) is 54.4 Å². The molecule has 0 spiro atoms. The van der Waals surface area contributed by atoms with E-state index >= 15 is 0 Å². The number of oxazole rings is 1. The highest BCUT2D eigenvalue weighted by molar-refractivity contribution is 6.37. The van der Waals surface area contributed by atoms with E-state index < -0.39 is 0 Å². The lowest BCUT2D eigenvalue weighted by Gasteiger charge is -2.09. The number of fused-ring (bicyclic) bond motifs is 1. The Labute approximate surface area is 196 Å². The van der Waals surface area contributed by atoms with Gasteiger partial charge < -0.3 is 14.5 Å². The summed E-state index contributed by atoms with van der Waals surface area (Å²) in [5.41, 5.74) is 3.38. The fourth-order valence-electron chi connectivity index (χ4n) is 3.23. The third-order valence-corrected chi connectivity index (χ3v) is 5.38. The van der Waals surface area contributed by atoms with Crippen molar-refractivity contribution in [3.63, 3.8) is 0 Å². The van der Waals surface area contributed by atoms with Gasteiger partial charge in [-0.15, -0.1) is 0 Å². The predicted molar refractivity (Wildman–Crippen MR) is 128 cm³/mol. The number of carbonyl (C=O) groups excluding carboxylic acids is 1. The van der Waals surface area contributed by atoms with Gasteiger partial charge in [0.25, 0.3) is 5.91 Å². The molecule has 1 amide bonds. The molecular formula is C25H22Cl2N2O3. The van der Waals surface area contributed by atoms with E-state index in [2.05, 4.69) is 17.2 Å². The van der Waals surface area contributed by atoms with Crippen LogP contribution in [0.5, 0.6) is 5.75 Å². The van der Waals surface area contributed by atoms with Gasteiger partial charge in [0, 0.05) is 22.7 Å². The van der Waals surface area contributed by atoms with Gasteiger partial charge in [0.1, 0.15) is 11.3 Å². The largest absolute Gasteiger partial charge is 0.494 e. The maximum atomic E-state index is 12.6. The summed E-state index contributed by atoms with van der Waals surface area (Å²) in [6, 6.07) is 18.1. The number of carbonyl (C=O) groups is 1. The van der Waals surface area contributed by atoms with Gasteiger partial charge in [-0.2, -0.15) is 0 Å². The van der Waals surface area contributed by atoms with Crippen LogP contribution in [0.1, 0.15) is 41.6 Å². The summed E-state index contributed by atoms with van der Waals surface area (Å²) in [5, 5.41) is 3.86. The molecule has 0 radical (unpaired) electrons. The van der Waals surface area contributed by atoms with Gasteiger partial charge in [-0.3, -0.25) is 4.79 Å². The molecule has 5 nitrogen and oxygen atoms in total. The number of anilines is 1. The van der Waals surface area contributed by atoms with Crippen LogP contribution in [0.3, 0.4) is 0 Å². The molecule has 0 bridgehead atoms. The van der Waals surface area contributed by atoms with E-state index in [0.29, 0.717) is 57.1 Å². The van der Waals surface area contributed by atoms with Crippen LogP contribution >= 0.6 is 23.2 Å². The smallest absolute Gasteiger partial charge is 0.255 e. The highest BCUT2D eigenvalue weighted by Gasteiger charge is 2.12. The molecule has 3 aromatic carbocycles. The number of nitrogens with zero attached hydrogens (tertiary/aromatic N) is 1. The number of ether oxygens (including phenoxy) is 1. The van der Waals surface area contributed by atoms with Crippen molar-refractivity contribution >= 4 is 45.9 Å². The second-order valence-electron chi connectivity index (χ2n) is 7.40. The molecule has 0 aliphatic heterocycles. The Bertz CT molecular complexity index is 1240. The number of hydrogen-bond donors (Lipinski definition) is 1. The maximum absolute atomic E-state index is 12.6. The van der Waals surface area contributed by atoms with Crippen LogP contribution in [0.25, 0.3) is 11.1 Å². The minimum Gasteiger partial charge on any atom is -0.494 e. The van der Waals surface area contributed by atoms with Gasteiger partial charge in [0.05, 0.1) is 11.6 Å². The molecule has 0 fully saturated rings. The second kappa shape index (κ2) is 10.1. The van der Waals surface area contributed by atoms with E-state index in [9.17, 15) is 4.79 Å². The Morgan fingerprint density at radius 2 is 1.91 bits per heavy atom. The zero-order valence-electron chi connectivity index (χ0n) is 17.5. The molecule has 4 rings (SSSR count). The van der Waals surface area contributed by atoms with E-state index in [1.807, 2.05) is 36.4 Å². The first-order valence-electron chi connectivity index (χ1n) is 10.4. The highest BCUT2D eigenvalue weighted by atomic mass is 35.5. The van der Waals surface area contributed by atoms with Crippen molar-refractivity contribution < 1.29 is 13.9 Å². The first-order chi connectivity index (χ1) is 15.5. The quantitative estimate of drug-likeness (QED) is 0.278. The fraction of sp³-hybridized carbons (Fsp3) is 0.200. The molecule has 32 heavy (non-hydrogen) atoms. The van der Waals surface area contributed by atoms with Crippen molar-refractivity contribution in [1.29, 1.82) is 0 Å². The molecule has 0 saturated carbocycles. The number of nitrogens with one attached hydrogen (secondary N) is 1. The minimum absolute atomic E-state index is 0.191. The third kappa shape index (κ3) is 5.42. The Kier molecular flexibility index (Phi) is 6.98. The van der Waals surface area contributed by atoms with E-state index in [1.165, 1.54) is 0 Å². The van der Waals surface area contributed by atoms with Gasteiger partial charge in [0.15, 0.2) is 11.5 Å². The van der Waals surface area contributed by atoms with Gasteiger partial charge in [0.2, 0.25) is 0 Å². The first-order valence-corrected chi connectivity index (χ1v) is 11.1. The zero-order valence-corrected chi connectivity index (χ0v) is 19.0. The van der Waals surface area contributed by atoms with Gasteiger partial charge in [-0.1, -0.05) is 54.7 Å². The standard InChI is InChI=1S/C25H22Cl2N2O3/c1-2-3-11-31-20-6-4-5-17(13-20)25(30)28-19-9-7-16(8-10-19)12-23-29-22-15-18(26)14-21(27)24(22)32-23/h4-10,13-15H,2-3,11-12H2,1H3,(H,28,30). The summed E-state index contributed by atoms with van der Waals surface area (Å²) in [6.07, 6.45) is 2.53. The van der Waals surface area contributed by atoms with Crippen molar-refractivity contribution in [2.75, 3.05) is 11.9 Å². The topological polar surface area (TPSA) is 64.4 Å². The van der Waals surface area contributed by atoms with E-state index in [0.717, 1.165) is 18.4 Å². The molecule has 1 heterocycles. The van der Waals surface area contributed by atoms with Crippen LogP contribution in [0.2, 0.25) is 10.0 Å². The van der Waals surface area contributed by atoms with Gasteiger partial charge in [-0.25, -0.2) is 4.98 Å². The number of rotatable bonds is 8. The lowest BCUT2D eigenvalue weighted by atomic mass is 10.1. The molecular weight excluding hydrogens is 447 g/mol. The maximum Gasteiger partial charge on any atom is 0.255 e. The highest BCUT2D eigenvalue weighted by Crippen LogP contribution is 2.29. The fourth-order valence-corrected chi connectivity index (χ4v) is 3.75. The molecule has 0 saturated heterocycles. The average molecular weight is 469 g/mol. The van der Waals surface area contributed by atoms with Crippen molar-refractivity contribution in [3.8, 4) is 5.75 Å². The van der Waals surface area contributed by atoms with Crippen LogP contribution in [-0.2, 0) is 6.42 Å². The van der Waals surface area contributed by atoms with Crippen LogP contribution in [0, 0.1) is 0 Å². The first kappa shape index (κ1) is 22.2. The molecule has 7 heteroatoms. The molecule has 0 atom stereocenters. The number of halogens is 2. The Balaban J connectivity index is 1.40. The van der Waals surface area contributed by atoms with E-state index in [1.54, 1.807) is 24.3 Å². The van der Waals surface area contributed by atoms with E-state index in [-0.39, 0.29) is 5.91 Å². The Morgan fingerprint density at radius 1 is 1.09 bits per heavy atom. The molecule has 0 aliphatic carbocycles. The lowest BCUT2D eigenvalue weighted by molar-refractivity contribution is 0.102. The molecule has 164 valence electrons. The number of unbranched alkanes of at least 4 members (excludes halogenated alkanes) is 1. The van der Waals surface area contributed by atoms with Crippen LogP contribution < -0.4 is 10.1 Å². The molecule has 1 aromatic heterocycles. The van der Waals surface area contributed by atoms with Crippen molar-refractivity contribution in [3.05, 3.63) is 87.7 Å². The SMILES string of the molecule is CCCCOc1cccc(C(=O)Nc2ccc(Cc3nc4cc(Cl)cc(Cl)c4o3)cc2)c1.